The van der Waals surface area contributed by atoms with Gasteiger partial charge in [0.25, 0.3) is 5.91 Å². The van der Waals surface area contributed by atoms with Gasteiger partial charge in [-0.2, -0.15) is 4.31 Å². The van der Waals surface area contributed by atoms with Crippen LogP contribution in [-0.4, -0.2) is 56.8 Å². The summed E-state index contributed by atoms with van der Waals surface area (Å²) < 4.78 is 32.3. The minimum atomic E-state index is -3.64. The molecule has 1 fully saturated rings. The Morgan fingerprint density at radius 1 is 1.22 bits per heavy atom. The van der Waals surface area contributed by atoms with Crippen molar-refractivity contribution in [3.63, 3.8) is 0 Å². The van der Waals surface area contributed by atoms with E-state index in [-0.39, 0.29) is 16.6 Å². The lowest BCUT2D eigenvalue weighted by Crippen LogP contribution is -2.31. The molecule has 23 heavy (non-hydrogen) atoms. The van der Waals surface area contributed by atoms with E-state index in [1.165, 1.54) is 17.5 Å². The van der Waals surface area contributed by atoms with E-state index < -0.39 is 10.0 Å². The fraction of sp³-hybridized carbons (Fsp3) is 0.562. The molecule has 0 saturated carbocycles. The second-order valence-electron chi connectivity index (χ2n) is 5.45. The summed E-state index contributed by atoms with van der Waals surface area (Å²) in [5.74, 6) is 0.100. The molecule has 0 N–H and O–H groups in total. The zero-order valence-electron chi connectivity index (χ0n) is 13.9. The fourth-order valence-electron chi connectivity index (χ4n) is 2.77. The molecule has 0 radical (unpaired) electrons. The smallest absolute Gasteiger partial charge is 0.253 e. The lowest BCUT2D eigenvalue weighted by molar-refractivity contribution is 0.0772. The molecule has 0 bridgehead atoms. The van der Waals surface area contributed by atoms with Crippen LogP contribution in [0.4, 0.5) is 0 Å². The first-order valence-electron chi connectivity index (χ1n) is 7.93. The van der Waals surface area contributed by atoms with Crippen LogP contribution in [0.5, 0.6) is 5.75 Å². The number of ether oxygens (including phenoxy) is 1. The summed E-state index contributed by atoms with van der Waals surface area (Å²) in [5.41, 5.74) is 0.368. The maximum absolute atomic E-state index is 12.8. The van der Waals surface area contributed by atoms with E-state index in [0.717, 1.165) is 12.8 Å². The van der Waals surface area contributed by atoms with Crippen molar-refractivity contribution in [1.29, 1.82) is 0 Å². The number of hydrogen-bond acceptors (Lipinski definition) is 4. The third-order valence-electron chi connectivity index (χ3n) is 4.14. The minimum Gasteiger partial charge on any atom is -0.495 e. The summed E-state index contributed by atoms with van der Waals surface area (Å²) in [6.45, 7) is 5.98. The van der Waals surface area contributed by atoms with Gasteiger partial charge in [-0.15, -0.1) is 0 Å². The Balaban J connectivity index is 2.46. The molecule has 1 amide bonds. The van der Waals surface area contributed by atoms with Gasteiger partial charge in [-0.25, -0.2) is 8.42 Å². The van der Waals surface area contributed by atoms with Crippen LogP contribution in [0, 0.1) is 0 Å². The predicted octanol–water partition coefficient (Wildman–Crippen LogP) is 1.96. The average molecular weight is 340 g/mol. The predicted molar refractivity (Wildman–Crippen MR) is 88.2 cm³/mol. The summed E-state index contributed by atoms with van der Waals surface area (Å²) >= 11 is 0. The van der Waals surface area contributed by atoms with Crippen LogP contribution in [0.15, 0.2) is 23.1 Å². The molecule has 0 spiro atoms. The van der Waals surface area contributed by atoms with Crippen LogP contribution in [0.3, 0.4) is 0 Å². The first-order valence-corrected chi connectivity index (χ1v) is 9.37. The molecule has 1 aromatic rings. The maximum atomic E-state index is 12.8. The van der Waals surface area contributed by atoms with Gasteiger partial charge in [-0.05, 0) is 44.9 Å². The first kappa shape index (κ1) is 17.7. The van der Waals surface area contributed by atoms with Gasteiger partial charge in [0, 0.05) is 31.7 Å². The van der Waals surface area contributed by atoms with Gasteiger partial charge < -0.3 is 9.64 Å². The molecule has 1 heterocycles. The standard InChI is InChI=1S/C16H24N2O4S/c1-4-17(5-2)16(19)13-8-9-14(22-3)15(12-13)23(20,21)18-10-6-7-11-18/h8-9,12H,4-7,10-11H2,1-3H3. The van der Waals surface area contributed by atoms with E-state index in [4.69, 9.17) is 4.74 Å². The van der Waals surface area contributed by atoms with Crippen molar-refractivity contribution < 1.29 is 17.9 Å². The molecule has 0 aromatic heterocycles. The van der Waals surface area contributed by atoms with Crippen LogP contribution in [0.25, 0.3) is 0 Å². The Hall–Kier alpha value is -1.60. The number of hydrogen-bond donors (Lipinski definition) is 0. The number of benzene rings is 1. The number of carbonyl (C=O) groups is 1. The summed E-state index contributed by atoms with van der Waals surface area (Å²) in [7, 11) is -2.20. The van der Waals surface area contributed by atoms with E-state index in [9.17, 15) is 13.2 Å². The largest absolute Gasteiger partial charge is 0.495 e. The van der Waals surface area contributed by atoms with Crippen molar-refractivity contribution in [2.45, 2.75) is 31.6 Å². The van der Waals surface area contributed by atoms with Crippen molar-refractivity contribution in [1.82, 2.24) is 9.21 Å². The van der Waals surface area contributed by atoms with Crippen LogP contribution in [-0.2, 0) is 10.0 Å². The Kier molecular flexibility index (Phi) is 5.64. The molecule has 2 rings (SSSR count). The highest BCUT2D eigenvalue weighted by molar-refractivity contribution is 7.89. The monoisotopic (exact) mass is 340 g/mol. The van der Waals surface area contributed by atoms with Crippen LogP contribution in [0.2, 0.25) is 0 Å². The van der Waals surface area contributed by atoms with Crippen LogP contribution < -0.4 is 4.74 Å². The van der Waals surface area contributed by atoms with Crippen LogP contribution >= 0.6 is 0 Å². The van der Waals surface area contributed by atoms with Crippen molar-refractivity contribution in [2.75, 3.05) is 33.3 Å². The van der Waals surface area contributed by atoms with E-state index in [1.807, 2.05) is 13.8 Å². The molecular formula is C16H24N2O4S. The van der Waals surface area contributed by atoms with E-state index in [0.29, 0.717) is 31.7 Å². The quantitative estimate of drug-likeness (QED) is 0.794. The first-order chi connectivity index (χ1) is 11.0. The minimum absolute atomic E-state index is 0.0694. The third-order valence-corrected chi connectivity index (χ3v) is 6.06. The van der Waals surface area contributed by atoms with Crippen molar-refractivity contribution in [3.05, 3.63) is 23.8 Å². The van der Waals surface area contributed by atoms with Crippen molar-refractivity contribution >= 4 is 15.9 Å². The Labute approximate surface area is 138 Å². The second-order valence-corrected chi connectivity index (χ2v) is 7.36. The topological polar surface area (TPSA) is 66.9 Å². The third kappa shape index (κ3) is 3.50. The number of amides is 1. The molecule has 7 heteroatoms. The molecule has 0 aliphatic carbocycles. The number of sulfonamides is 1. The average Bonchev–Trinajstić information content (AvgIpc) is 3.10. The van der Waals surface area contributed by atoms with Gasteiger partial charge in [-0.1, -0.05) is 0 Å². The molecule has 128 valence electrons. The highest BCUT2D eigenvalue weighted by atomic mass is 32.2. The van der Waals surface area contributed by atoms with Gasteiger partial charge in [0.2, 0.25) is 10.0 Å². The number of methoxy groups -OCH3 is 1. The normalized spacial score (nSPS) is 15.6. The fourth-order valence-corrected chi connectivity index (χ4v) is 4.47. The van der Waals surface area contributed by atoms with Crippen molar-refractivity contribution in [3.8, 4) is 5.75 Å². The lowest BCUT2D eigenvalue weighted by Gasteiger charge is -2.21. The van der Waals surface area contributed by atoms with Gasteiger partial charge in [0.1, 0.15) is 10.6 Å². The van der Waals surface area contributed by atoms with Gasteiger partial charge in [-0.3, -0.25) is 4.79 Å². The van der Waals surface area contributed by atoms with Gasteiger partial charge >= 0.3 is 0 Å². The molecule has 1 saturated heterocycles. The second kappa shape index (κ2) is 7.31. The molecule has 0 atom stereocenters. The Morgan fingerprint density at radius 2 is 1.83 bits per heavy atom. The van der Waals surface area contributed by atoms with E-state index in [1.54, 1.807) is 17.0 Å². The highest BCUT2D eigenvalue weighted by Gasteiger charge is 2.31. The van der Waals surface area contributed by atoms with Gasteiger partial charge in [0.05, 0.1) is 7.11 Å². The molecule has 1 aliphatic heterocycles. The Bertz CT molecular complexity index is 663. The van der Waals surface area contributed by atoms with E-state index >= 15 is 0 Å². The highest BCUT2D eigenvalue weighted by Crippen LogP contribution is 2.30. The zero-order chi connectivity index (χ0) is 17.0. The molecule has 0 unspecified atom stereocenters. The number of rotatable bonds is 6. The number of nitrogens with zero attached hydrogens (tertiary/aromatic N) is 2. The maximum Gasteiger partial charge on any atom is 0.253 e. The SMILES string of the molecule is CCN(CC)C(=O)c1ccc(OC)c(S(=O)(=O)N2CCCC2)c1. The zero-order valence-corrected chi connectivity index (χ0v) is 14.7. The summed E-state index contributed by atoms with van der Waals surface area (Å²) in [6.07, 6.45) is 1.72. The molecule has 1 aromatic carbocycles. The lowest BCUT2D eigenvalue weighted by atomic mass is 10.2. The van der Waals surface area contributed by atoms with Crippen LogP contribution in [0.1, 0.15) is 37.0 Å². The number of carbonyl (C=O) groups excluding carboxylic acids is 1. The van der Waals surface area contributed by atoms with Gasteiger partial charge in [0.15, 0.2) is 0 Å². The molecule has 1 aliphatic rings. The summed E-state index contributed by atoms with van der Waals surface area (Å²) in [6, 6.07) is 4.61. The Morgan fingerprint density at radius 3 is 2.35 bits per heavy atom. The van der Waals surface area contributed by atoms with E-state index in [2.05, 4.69) is 0 Å². The molecular weight excluding hydrogens is 316 g/mol. The summed E-state index contributed by atoms with van der Waals surface area (Å²) in [4.78, 5) is 14.2. The van der Waals surface area contributed by atoms with Crippen molar-refractivity contribution in [2.24, 2.45) is 0 Å². The summed E-state index contributed by atoms with van der Waals surface area (Å²) in [5, 5.41) is 0. The molecule has 6 nitrogen and oxygen atoms in total.